The van der Waals surface area contributed by atoms with Crippen LogP contribution >= 0.6 is 0 Å². The lowest BCUT2D eigenvalue weighted by molar-refractivity contribution is 0.628. The maximum atomic E-state index is 13.2. The van der Waals surface area contributed by atoms with Gasteiger partial charge >= 0.3 is 5.69 Å². The van der Waals surface area contributed by atoms with Crippen molar-refractivity contribution in [3.8, 4) is 22.5 Å². The number of nitrogens with zero attached hydrogens (tertiary/aromatic N) is 2. The third kappa shape index (κ3) is 2.15. The lowest BCUT2D eigenvalue weighted by Gasteiger charge is -2.09. The van der Waals surface area contributed by atoms with Crippen LogP contribution in [0.25, 0.3) is 22.5 Å². The molecule has 2 heterocycles. The van der Waals surface area contributed by atoms with E-state index in [0.29, 0.717) is 0 Å². The summed E-state index contributed by atoms with van der Waals surface area (Å²) in [5.41, 5.74) is 3.18. The van der Waals surface area contributed by atoms with E-state index >= 15 is 0 Å². The molecule has 2 aromatic heterocycles. The lowest BCUT2D eigenvalue weighted by atomic mass is 10.1. The quantitative estimate of drug-likeness (QED) is 0.805. The summed E-state index contributed by atoms with van der Waals surface area (Å²) in [5, 5.41) is 0. The summed E-state index contributed by atoms with van der Waals surface area (Å²) >= 11 is 0. The Bertz CT molecular complexity index is 861. The maximum absolute atomic E-state index is 13.2. The highest BCUT2D eigenvalue weighted by atomic mass is 19.1. The summed E-state index contributed by atoms with van der Waals surface area (Å²) in [6, 6.07) is 10.2. The number of imidazole rings is 1. The second-order valence-electron chi connectivity index (χ2n) is 5.50. The monoisotopic (exact) mass is 295 g/mol. The molecule has 0 radical (unpaired) electrons. The molecule has 4 rings (SSSR count). The van der Waals surface area contributed by atoms with Gasteiger partial charge in [-0.25, -0.2) is 9.18 Å². The molecule has 1 N–H and O–H groups in total. The summed E-state index contributed by atoms with van der Waals surface area (Å²) < 4.78 is 15.0. The molecule has 0 atom stereocenters. The van der Waals surface area contributed by atoms with Crippen LogP contribution in [0, 0.1) is 5.82 Å². The zero-order chi connectivity index (χ0) is 15.1. The van der Waals surface area contributed by atoms with Gasteiger partial charge in [0.1, 0.15) is 5.82 Å². The highest BCUT2D eigenvalue weighted by molar-refractivity contribution is 5.78. The minimum atomic E-state index is -0.293. The van der Waals surface area contributed by atoms with Crippen molar-refractivity contribution in [2.24, 2.45) is 0 Å². The Kier molecular flexibility index (Phi) is 2.92. The molecule has 5 heteroatoms. The zero-order valence-electron chi connectivity index (χ0n) is 11.8. The van der Waals surface area contributed by atoms with E-state index in [1.165, 1.54) is 12.1 Å². The van der Waals surface area contributed by atoms with Gasteiger partial charge in [-0.05, 0) is 49.2 Å². The van der Waals surface area contributed by atoms with Crippen LogP contribution in [0.3, 0.4) is 0 Å². The smallest absolute Gasteiger partial charge is 0.305 e. The van der Waals surface area contributed by atoms with Gasteiger partial charge in [0.25, 0.3) is 0 Å². The Morgan fingerprint density at radius 3 is 2.36 bits per heavy atom. The molecular weight excluding hydrogens is 281 g/mol. The molecule has 4 nitrogen and oxygen atoms in total. The predicted octanol–water partition coefficient (Wildman–Crippen LogP) is 3.38. The number of halogens is 1. The summed E-state index contributed by atoms with van der Waals surface area (Å²) in [5.74, 6) is -0.293. The van der Waals surface area contributed by atoms with E-state index in [4.69, 9.17) is 0 Å². The Morgan fingerprint density at radius 1 is 1.05 bits per heavy atom. The molecule has 1 aromatic carbocycles. The molecule has 1 fully saturated rings. The van der Waals surface area contributed by atoms with Crippen LogP contribution in [-0.2, 0) is 0 Å². The molecule has 1 aliphatic carbocycles. The number of hydrogen-bond donors (Lipinski definition) is 1. The van der Waals surface area contributed by atoms with Crippen LogP contribution in [-0.4, -0.2) is 14.5 Å². The molecule has 0 bridgehead atoms. The maximum Gasteiger partial charge on any atom is 0.326 e. The van der Waals surface area contributed by atoms with Crippen molar-refractivity contribution >= 4 is 0 Å². The minimum absolute atomic E-state index is 0.117. The molecule has 1 aliphatic rings. The number of aromatic amines is 1. The highest BCUT2D eigenvalue weighted by Crippen LogP contribution is 2.40. The fraction of sp³-hybridized carbons (Fsp3) is 0.176. The number of aromatic nitrogens is 3. The van der Waals surface area contributed by atoms with Gasteiger partial charge in [-0.1, -0.05) is 0 Å². The molecule has 0 amide bonds. The summed E-state index contributed by atoms with van der Waals surface area (Å²) in [6.45, 7) is 0. The number of pyridine rings is 1. The predicted molar refractivity (Wildman–Crippen MR) is 81.9 cm³/mol. The van der Waals surface area contributed by atoms with Crippen molar-refractivity contribution < 1.29 is 4.39 Å². The van der Waals surface area contributed by atoms with Gasteiger partial charge in [0.2, 0.25) is 0 Å². The third-order valence-corrected chi connectivity index (χ3v) is 3.93. The number of H-pyrrole nitrogens is 1. The van der Waals surface area contributed by atoms with Crippen molar-refractivity contribution in [1.29, 1.82) is 0 Å². The van der Waals surface area contributed by atoms with E-state index in [-0.39, 0.29) is 17.5 Å². The van der Waals surface area contributed by atoms with Gasteiger partial charge in [-0.15, -0.1) is 0 Å². The first-order valence-corrected chi connectivity index (χ1v) is 7.25. The minimum Gasteiger partial charge on any atom is -0.305 e. The molecule has 0 aliphatic heterocycles. The van der Waals surface area contributed by atoms with Crippen molar-refractivity contribution in [2.75, 3.05) is 0 Å². The second-order valence-corrected chi connectivity index (χ2v) is 5.50. The first kappa shape index (κ1) is 13.0. The van der Waals surface area contributed by atoms with Crippen LogP contribution in [0.4, 0.5) is 4.39 Å². The van der Waals surface area contributed by atoms with Gasteiger partial charge in [0.05, 0.1) is 11.4 Å². The van der Waals surface area contributed by atoms with E-state index in [9.17, 15) is 9.18 Å². The van der Waals surface area contributed by atoms with Crippen molar-refractivity contribution in [3.63, 3.8) is 0 Å². The standard InChI is InChI=1S/C17H14FN3O/c18-13-3-1-11(2-4-13)15-16(12-7-9-19-10-8-12)21(14-5-6-14)17(22)20-15/h1-4,7-10,14H,5-6H2,(H,20,22). The molecular formula is C17H14FN3O. The van der Waals surface area contributed by atoms with E-state index < -0.39 is 0 Å². The normalized spacial score (nSPS) is 14.2. The topological polar surface area (TPSA) is 50.7 Å². The molecule has 22 heavy (non-hydrogen) atoms. The Hall–Kier alpha value is -2.69. The first-order chi connectivity index (χ1) is 10.7. The SMILES string of the molecule is O=c1[nH]c(-c2ccc(F)cc2)c(-c2ccncc2)n1C1CC1. The third-order valence-electron chi connectivity index (χ3n) is 3.93. The van der Waals surface area contributed by atoms with Gasteiger partial charge in [-0.3, -0.25) is 9.55 Å². The molecule has 110 valence electrons. The molecule has 1 saturated carbocycles. The highest BCUT2D eigenvalue weighted by Gasteiger charge is 2.30. The largest absolute Gasteiger partial charge is 0.326 e. The van der Waals surface area contributed by atoms with E-state index in [1.54, 1.807) is 24.5 Å². The second kappa shape index (κ2) is 4.94. The van der Waals surface area contributed by atoms with Gasteiger partial charge in [0, 0.05) is 29.6 Å². The summed E-state index contributed by atoms with van der Waals surface area (Å²) in [7, 11) is 0. The molecule has 0 spiro atoms. The van der Waals surface area contributed by atoms with E-state index in [0.717, 1.165) is 35.4 Å². The Morgan fingerprint density at radius 2 is 1.73 bits per heavy atom. The van der Waals surface area contributed by atoms with Gasteiger partial charge in [-0.2, -0.15) is 0 Å². The molecule has 3 aromatic rings. The van der Waals surface area contributed by atoms with Crippen molar-refractivity contribution in [2.45, 2.75) is 18.9 Å². The number of rotatable bonds is 3. The van der Waals surface area contributed by atoms with Crippen LogP contribution in [0.15, 0.2) is 53.6 Å². The molecule has 0 saturated heterocycles. The number of hydrogen-bond acceptors (Lipinski definition) is 2. The average Bonchev–Trinajstić information content (AvgIpc) is 3.32. The van der Waals surface area contributed by atoms with E-state index in [2.05, 4.69) is 9.97 Å². The van der Waals surface area contributed by atoms with Crippen LogP contribution in [0.2, 0.25) is 0 Å². The zero-order valence-corrected chi connectivity index (χ0v) is 11.8. The Labute approximate surface area is 126 Å². The van der Waals surface area contributed by atoms with Crippen molar-refractivity contribution in [1.82, 2.24) is 14.5 Å². The van der Waals surface area contributed by atoms with Crippen LogP contribution in [0.5, 0.6) is 0 Å². The molecule has 0 unspecified atom stereocenters. The Balaban J connectivity index is 1.97. The number of benzene rings is 1. The van der Waals surface area contributed by atoms with Gasteiger partial charge in [0.15, 0.2) is 0 Å². The fourth-order valence-electron chi connectivity index (χ4n) is 2.75. The summed E-state index contributed by atoms with van der Waals surface area (Å²) in [6.07, 6.45) is 5.44. The lowest BCUT2D eigenvalue weighted by Crippen LogP contribution is -2.16. The summed E-state index contributed by atoms with van der Waals surface area (Å²) in [4.78, 5) is 19.3. The van der Waals surface area contributed by atoms with Crippen molar-refractivity contribution in [3.05, 3.63) is 65.1 Å². The van der Waals surface area contributed by atoms with Crippen LogP contribution < -0.4 is 5.69 Å². The fourth-order valence-corrected chi connectivity index (χ4v) is 2.75. The van der Waals surface area contributed by atoms with Gasteiger partial charge < -0.3 is 4.98 Å². The van der Waals surface area contributed by atoms with E-state index in [1.807, 2.05) is 16.7 Å². The number of nitrogens with one attached hydrogen (secondary N) is 1. The first-order valence-electron chi connectivity index (χ1n) is 7.25. The average molecular weight is 295 g/mol. The van der Waals surface area contributed by atoms with Crippen LogP contribution in [0.1, 0.15) is 18.9 Å².